The van der Waals surface area contributed by atoms with Crippen molar-refractivity contribution in [3.63, 3.8) is 0 Å². The number of hydrogen-bond donors (Lipinski definition) is 2. The zero-order valence-electron chi connectivity index (χ0n) is 10.4. The van der Waals surface area contributed by atoms with E-state index in [0.29, 0.717) is 11.4 Å². The lowest BCUT2D eigenvalue weighted by molar-refractivity contribution is 0.131. The lowest BCUT2D eigenvalue weighted by Crippen LogP contribution is -2.45. The Balaban J connectivity index is 1.95. The topological polar surface area (TPSA) is 52.7 Å². The predicted octanol–water partition coefficient (Wildman–Crippen LogP) is 1.11. The molecule has 1 saturated heterocycles. The van der Waals surface area contributed by atoms with Crippen LogP contribution < -0.4 is 5.73 Å². The van der Waals surface area contributed by atoms with Crippen LogP contribution in [0, 0.1) is 0 Å². The Morgan fingerprint density at radius 1 is 1.18 bits per heavy atom. The van der Waals surface area contributed by atoms with Gasteiger partial charge in [-0.15, -0.1) is 0 Å². The van der Waals surface area contributed by atoms with Crippen molar-refractivity contribution in [1.29, 1.82) is 0 Å². The first-order valence-electron chi connectivity index (χ1n) is 6.21. The minimum atomic E-state index is 0.345. The molecule has 1 aliphatic heterocycles. The van der Waals surface area contributed by atoms with Crippen molar-refractivity contribution in [2.24, 2.45) is 0 Å². The van der Waals surface area contributed by atoms with Crippen LogP contribution in [0.4, 0.5) is 5.69 Å². The highest BCUT2D eigenvalue weighted by atomic mass is 16.3. The fourth-order valence-electron chi connectivity index (χ4n) is 2.24. The summed E-state index contributed by atoms with van der Waals surface area (Å²) in [5.74, 6) is 0.345. The van der Waals surface area contributed by atoms with Crippen molar-refractivity contribution in [3.05, 3.63) is 23.8 Å². The molecule has 0 saturated carbocycles. The van der Waals surface area contributed by atoms with Crippen molar-refractivity contribution in [3.8, 4) is 5.75 Å². The number of benzene rings is 1. The number of phenols is 1. The van der Waals surface area contributed by atoms with Gasteiger partial charge < -0.3 is 15.7 Å². The summed E-state index contributed by atoms with van der Waals surface area (Å²) in [6, 6.07) is 5.27. The molecule has 0 spiro atoms. The number of nitrogen functional groups attached to an aromatic ring is 1. The highest BCUT2D eigenvalue weighted by Crippen LogP contribution is 2.21. The van der Waals surface area contributed by atoms with Crippen molar-refractivity contribution in [2.75, 3.05) is 38.5 Å². The average Bonchev–Trinajstić information content (AvgIpc) is 2.35. The Morgan fingerprint density at radius 3 is 2.47 bits per heavy atom. The van der Waals surface area contributed by atoms with Crippen molar-refractivity contribution in [1.82, 2.24) is 9.80 Å². The normalized spacial score (nSPS) is 18.4. The van der Waals surface area contributed by atoms with Gasteiger partial charge in [-0.2, -0.15) is 0 Å². The Labute approximate surface area is 103 Å². The molecule has 1 heterocycles. The van der Waals surface area contributed by atoms with Crippen LogP contribution in [0.2, 0.25) is 0 Å². The Hall–Kier alpha value is -1.26. The largest absolute Gasteiger partial charge is 0.508 e. The second-order valence-electron chi connectivity index (χ2n) is 4.60. The molecule has 0 radical (unpaired) electrons. The molecule has 0 unspecified atom stereocenters. The van der Waals surface area contributed by atoms with Crippen LogP contribution in [0.25, 0.3) is 0 Å². The molecule has 0 aromatic heterocycles. The summed E-state index contributed by atoms with van der Waals surface area (Å²) in [5, 5.41) is 9.77. The van der Waals surface area contributed by atoms with Gasteiger partial charge in [-0.1, -0.05) is 6.92 Å². The number of phenolic OH excluding ortho intramolecular Hbond substituents is 1. The molecule has 0 atom stereocenters. The van der Waals surface area contributed by atoms with Gasteiger partial charge in [0.15, 0.2) is 0 Å². The maximum Gasteiger partial charge on any atom is 0.120 e. The maximum atomic E-state index is 9.77. The maximum absolute atomic E-state index is 9.77. The lowest BCUT2D eigenvalue weighted by atomic mass is 10.1. The fraction of sp³-hybridized carbons (Fsp3) is 0.538. The van der Waals surface area contributed by atoms with E-state index in [4.69, 9.17) is 5.73 Å². The van der Waals surface area contributed by atoms with Gasteiger partial charge >= 0.3 is 0 Å². The van der Waals surface area contributed by atoms with Crippen molar-refractivity contribution >= 4 is 5.69 Å². The van der Waals surface area contributed by atoms with E-state index < -0.39 is 0 Å². The molecular formula is C13H21N3O. The second-order valence-corrected chi connectivity index (χ2v) is 4.60. The zero-order valence-corrected chi connectivity index (χ0v) is 10.4. The number of anilines is 1. The summed E-state index contributed by atoms with van der Waals surface area (Å²) >= 11 is 0. The summed E-state index contributed by atoms with van der Waals surface area (Å²) in [6.07, 6.45) is 0. The number of nitrogens with zero attached hydrogens (tertiary/aromatic N) is 2. The summed E-state index contributed by atoms with van der Waals surface area (Å²) in [6.45, 7) is 8.44. The average molecular weight is 235 g/mol. The molecule has 1 fully saturated rings. The number of piperazine rings is 1. The van der Waals surface area contributed by atoms with E-state index in [0.717, 1.165) is 44.8 Å². The molecule has 1 aromatic carbocycles. The number of hydrogen-bond acceptors (Lipinski definition) is 4. The summed E-state index contributed by atoms with van der Waals surface area (Å²) < 4.78 is 0. The van der Waals surface area contributed by atoms with Gasteiger partial charge in [0.05, 0.1) is 0 Å². The Morgan fingerprint density at radius 2 is 1.82 bits per heavy atom. The molecule has 0 amide bonds. The number of rotatable bonds is 3. The quantitative estimate of drug-likeness (QED) is 0.609. The van der Waals surface area contributed by atoms with Crippen LogP contribution in [0.5, 0.6) is 5.75 Å². The molecule has 17 heavy (non-hydrogen) atoms. The zero-order chi connectivity index (χ0) is 12.3. The van der Waals surface area contributed by atoms with Gasteiger partial charge in [0.2, 0.25) is 0 Å². The monoisotopic (exact) mass is 235 g/mol. The smallest absolute Gasteiger partial charge is 0.120 e. The molecule has 0 aliphatic carbocycles. The highest BCUT2D eigenvalue weighted by Gasteiger charge is 2.16. The third kappa shape index (κ3) is 3.11. The molecule has 2 rings (SSSR count). The van der Waals surface area contributed by atoms with Gasteiger partial charge in [-0.3, -0.25) is 4.90 Å². The van der Waals surface area contributed by atoms with E-state index >= 15 is 0 Å². The number of likely N-dealkylation sites (N-methyl/N-ethyl adjacent to an activating group) is 1. The number of nitrogens with two attached hydrogens (primary N) is 1. The minimum Gasteiger partial charge on any atom is -0.508 e. The minimum absolute atomic E-state index is 0.345. The van der Waals surface area contributed by atoms with Crippen LogP contribution >= 0.6 is 0 Å². The fourth-order valence-corrected chi connectivity index (χ4v) is 2.24. The molecule has 0 bridgehead atoms. The van der Waals surface area contributed by atoms with E-state index in [1.165, 1.54) is 0 Å². The predicted molar refractivity (Wildman–Crippen MR) is 69.9 cm³/mol. The van der Waals surface area contributed by atoms with Crippen LogP contribution in [-0.2, 0) is 6.54 Å². The van der Waals surface area contributed by atoms with Crippen molar-refractivity contribution in [2.45, 2.75) is 13.5 Å². The second kappa shape index (κ2) is 5.38. The first-order chi connectivity index (χ1) is 8.19. The Bertz CT molecular complexity index is 373. The highest BCUT2D eigenvalue weighted by molar-refractivity contribution is 5.47. The van der Waals surface area contributed by atoms with Gasteiger partial charge in [0.25, 0.3) is 0 Å². The molecule has 4 heteroatoms. The number of aromatic hydroxyl groups is 1. The molecule has 4 nitrogen and oxygen atoms in total. The molecule has 3 N–H and O–H groups in total. The van der Waals surface area contributed by atoms with E-state index in [1.807, 2.05) is 6.07 Å². The van der Waals surface area contributed by atoms with Gasteiger partial charge in [-0.25, -0.2) is 0 Å². The van der Waals surface area contributed by atoms with E-state index in [9.17, 15) is 5.11 Å². The first kappa shape index (κ1) is 12.2. The van der Waals surface area contributed by atoms with Crippen LogP contribution in [0.1, 0.15) is 12.5 Å². The molecular weight excluding hydrogens is 214 g/mol. The molecule has 1 aromatic rings. The van der Waals surface area contributed by atoms with Gasteiger partial charge in [0, 0.05) is 44.0 Å². The van der Waals surface area contributed by atoms with Crippen LogP contribution in [0.15, 0.2) is 18.2 Å². The summed E-state index contributed by atoms with van der Waals surface area (Å²) in [5.41, 5.74) is 7.38. The van der Waals surface area contributed by atoms with Gasteiger partial charge in [-0.05, 0) is 24.7 Å². The lowest BCUT2D eigenvalue weighted by Gasteiger charge is -2.34. The SMILES string of the molecule is CCN1CCN(Cc2cc(N)ccc2O)CC1. The van der Waals surface area contributed by atoms with Crippen LogP contribution in [0.3, 0.4) is 0 Å². The summed E-state index contributed by atoms with van der Waals surface area (Å²) in [7, 11) is 0. The van der Waals surface area contributed by atoms with Gasteiger partial charge in [0.1, 0.15) is 5.75 Å². The van der Waals surface area contributed by atoms with E-state index in [-0.39, 0.29) is 0 Å². The van der Waals surface area contributed by atoms with Crippen molar-refractivity contribution < 1.29 is 5.11 Å². The first-order valence-corrected chi connectivity index (χ1v) is 6.21. The van der Waals surface area contributed by atoms with E-state index in [2.05, 4.69) is 16.7 Å². The summed E-state index contributed by atoms with van der Waals surface area (Å²) in [4.78, 5) is 4.80. The third-order valence-corrected chi connectivity index (χ3v) is 3.41. The molecule has 1 aliphatic rings. The molecule has 94 valence electrons. The van der Waals surface area contributed by atoms with Crippen LogP contribution in [-0.4, -0.2) is 47.6 Å². The third-order valence-electron chi connectivity index (χ3n) is 3.41. The van der Waals surface area contributed by atoms with E-state index in [1.54, 1.807) is 12.1 Å². The standard InChI is InChI=1S/C13H21N3O/c1-2-15-5-7-16(8-6-15)10-11-9-12(14)3-4-13(11)17/h3-4,9,17H,2,5-8,10,14H2,1H3. The Kier molecular flexibility index (Phi) is 3.86.